The fraction of sp³-hybridized carbons (Fsp3) is 0.526. The Morgan fingerprint density at radius 3 is 1.05 bits per heavy atom. The van der Waals surface area contributed by atoms with Crippen LogP contribution >= 0.6 is 0 Å². The highest BCUT2D eigenvalue weighted by Gasteiger charge is 2.46. The lowest BCUT2D eigenvalue weighted by Gasteiger charge is -2.48. The molecule has 44 heavy (non-hydrogen) atoms. The number of amides is 2. The summed E-state index contributed by atoms with van der Waals surface area (Å²) in [6.07, 6.45) is 4.34. The Kier molecular flexibility index (Phi) is 5.46. The van der Waals surface area contributed by atoms with Crippen molar-refractivity contribution in [1.29, 1.82) is 0 Å². The molecule has 0 aliphatic carbocycles. The highest BCUT2D eigenvalue weighted by molar-refractivity contribution is 6.30. The maximum Gasteiger partial charge on any atom is 0.258 e. The minimum atomic E-state index is -0.193. The quantitative estimate of drug-likeness (QED) is 0.425. The molecular weight excluding hydrogens is 544 g/mol. The second-order valence-corrected chi connectivity index (χ2v) is 16.8. The van der Waals surface area contributed by atoms with Crippen molar-refractivity contribution in [2.75, 3.05) is 36.0 Å². The molecule has 8 rings (SSSR count). The van der Waals surface area contributed by atoms with Crippen molar-refractivity contribution in [2.24, 2.45) is 0 Å². The van der Waals surface area contributed by atoms with E-state index in [-0.39, 0.29) is 33.5 Å². The Balaban J connectivity index is 1.33. The van der Waals surface area contributed by atoms with Gasteiger partial charge in [-0.2, -0.15) is 0 Å². The van der Waals surface area contributed by atoms with Gasteiger partial charge in [-0.05, 0) is 105 Å². The van der Waals surface area contributed by atoms with Gasteiger partial charge >= 0.3 is 0 Å². The van der Waals surface area contributed by atoms with Crippen LogP contribution in [0.3, 0.4) is 0 Å². The zero-order valence-corrected chi connectivity index (χ0v) is 27.7. The van der Waals surface area contributed by atoms with Gasteiger partial charge in [-0.15, -0.1) is 0 Å². The van der Waals surface area contributed by atoms with Crippen LogP contribution in [0.4, 0.5) is 11.4 Å². The fourth-order valence-corrected chi connectivity index (χ4v) is 8.78. The van der Waals surface area contributed by atoms with Gasteiger partial charge in [0.2, 0.25) is 0 Å². The van der Waals surface area contributed by atoms with Gasteiger partial charge < -0.3 is 20.4 Å². The summed E-state index contributed by atoms with van der Waals surface area (Å²) in [5.41, 5.74) is 12.2. The van der Waals surface area contributed by atoms with E-state index in [0.29, 0.717) is 22.5 Å². The van der Waals surface area contributed by atoms with Crippen LogP contribution in [0.25, 0.3) is 11.4 Å². The van der Waals surface area contributed by atoms with Crippen molar-refractivity contribution >= 4 is 34.6 Å². The zero-order chi connectivity index (χ0) is 31.1. The van der Waals surface area contributed by atoms with Crippen LogP contribution in [0.15, 0.2) is 35.4 Å². The minimum Gasteiger partial charge on any atom is -0.371 e. The van der Waals surface area contributed by atoms with E-state index in [1.165, 1.54) is 33.6 Å². The van der Waals surface area contributed by atoms with E-state index in [1.807, 2.05) is 0 Å². The first-order chi connectivity index (χ1) is 20.6. The Hall–Kier alpha value is -3.54. The Labute approximate surface area is 262 Å². The lowest BCUT2D eigenvalue weighted by Crippen LogP contribution is -2.44. The van der Waals surface area contributed by atoms with Crippen molar-refractivity contribution in [1.82, 2.24) is 10.6 Å². The second kappa shape index (κ2) is 8.58. The summed E-state index contributed by atoms with van der Waals surface area (Å²) in [5.74, 6) is -0.386. The Morgan fingerprint density at radius 1 is 0.500 bits per heavy atom. The predicted molar refractivity (Wildman–Crippen MR) is 178 cm³/mol. The average molecular weight is 591 g/mol. The normalized spacial score (nSPS) is 25.0. The van der Waals surface area contributed by atoms with Crippen molar-refractivity contribution in [2.45, 2.75) is 103 Å². The number of anilines is 2. The smallest absolute Gasteiger partial charge is 0.258 e. The van der Waals surface area contributed by atoms with E-state index < -0.39 is 0 Å². The highest BCUT2D eigenvalue weighted by atomic mass is 16.2. The van der Waals surface area contributed by atoms with Gasteiger partial charge in [0.15, 0.2) is 0 Å². The molecule has 2 amide bonds. The van der Waals surface area contributed by atoms with E-state index in [4.69, 9.17) is 0 Å². The van der Waals surface area contributed by atoms with Gasteiger partial charge in [0.05, 0.1) is 22.5 Å². The molecule has 0 fully saturated rings. The highest BCUT2D eigenvalue weighted by Crippen LogP contribution is 2.53. The molecule has 0 atom stereocenters. The minimum absolute atomic E-state index is 0.0115. The third-order valence-electron chi connectivity index (χ3n) is 12.1. The van der Waals surface area contributed by atoms with Crippen LogP contribution in [-0.4, -0.2) is 38.0 Å². The molecule has 6 heterocycles. The number of benzene rings is 2. The lowest BCUT2D eigenvalue weighted by molar-refractivity contribution is -0.117. The average Bonchev–Trinajstić information content (AvgIpc) is 3.48. The molecule has 230 valence electrons. The molecule has 2 aromatic rings. The first-order valence-corrected chi connectivity index (χ1v) is 16.6. The summed E-state index contributed by atoms with van der Waals surface area (Å²) >= 11 is 0. The number of carbonyl (C=O) groups excluding carboxylic acids is 2. The third-order valence-corrected chi connectivity index (χ3v) is 12.1. The van der Waals surface area contributed by atoms with Crippen LogP contribution in [0.1, 0.15) is 114 Å². The van der Waals surface area contributed by atoms with Gasteiger partial charge in [0, 0.05) is 37.6 Å². The molecule has 0 bridgehead atoms. The zero-order valence-electron chi connectivity index (χ0n) is 27.7. The number of carbonyl (C=O) groups is 2. The molecule has 0 aromatic heterocycles. The molecular formula is C38H46N4O2. The standard InChI is InChI=1S/C38H46N4O2/c1-35(2)9-13-41-14-10-36(3,4)24-18-21(17-23(35)31(24)41)29-27-28(34(44)39-29)30(40-33(27)43)22-19-25-32-26(20-22)38(7,8)12-16-42(32)15-11-37(25,5)6/h17-20H,9-16H2,1-8H3,(H,39,44)(H,40,43). The van der Waals surface area contributed by atoms with E-state index >= 15 is 0 Å². The maximum absolute atomic E-state index is 13.9. The number of rotatable bonds is 2. The maximum atomic E-state index is 13.9. The predicted octanol–water partition coefficient (Wildman–Crippen LogP) is 6.41. The number of nitrogens with one attached hydrogen (secondary N) is 2. The van der Waals surface area contributed by atoms with Crippen molar-refractivity contribution in [3.63, 3.8) is 0 Å². The second-order valence-electron chi connectivity index (χ2n) is 16.8. The van der Waals surface area contributed by atoms with E-state index in [2.05, 4.69) is 100 Å². The molecule has 0 radical (unpaired) electrons. The number of hydrogen-bond donors (Lipinski definition) is 2. The van der Waals surface area contributed by atoms with Gasteiger partial charge in [-0.1, -0.05) is 55.4 Å². The molecule has 6 heteroatoms. The largest absolute Gasteiger partial charge is 0.371 e. The molecule has 6 aliphatic heterocycles. The van der Waals surface area contributed by atoms with Crippen molar-refractivity contribution in [3.8, 4) is 0 Å². The van der Waals surface area contributed by atoms with Crippen LogP contribution in [-0.2, 0) is 31.2 Å². The van der Waals surface area contributed by atoms with Crippen LogP contribution < -0.4 is 20.4 Å². The summed E-state index contributed by atoms with van der Waals surface area (Å²) in [6.45, 7) is 22.9. The molecule has 0 spiro atoms. The van der Waals surface area contributed by atoms with Gasteiger partial charge in [0.25, 0.3) is 11.8 Å². The van der Waals surface area contributed by atoms with Gasteiger partial charge in [0.1, 0.15) is 0 Å². The third kappa shape index (κ3) is 3.72. The van der Waals surface area contributed by atoms with E-state index in [9.17, 15) is 9.59 Å². The van der Waals surface area contributed by atoms with Crippen LogP contribution in [0, 0.1) is 0 Å². The van der Waals surface area contributed by atoms with Gasteiger partial charge in [-0.25, -0.2) is 0 Å². The summed E-state index contributed by atoms with van der Waals surface area (Å²) in [7, 11) is 0. The molecule has 2 N–H and O–H groups in total. The van der Waals surface area contributed by atoms with Crippen LogP contribution in [0.2, 0.25) is 0 Å². The summed E-state index contributed by atoms with van der Waals surface area (Å²) < 4.78 is 0. The first kappa shape index (κ1) is 28.0. The topological polar surface area (TPSA) is 64.7 Å². The molecule has 0 unspecified atom stereocenters. The van der Waals surface area contributed by atoms with E-state index in [0.717, 1.165) is 63.0 Å². The van der Waals surface area contributed by atoms with Crippen molar-refractivity contribution < 1.29 is 9.59 Å². The number of nitrogens with zero attached hydrogens (tertiary/aromatic N) is 2. The van der Waals surface area contributed by atoms with E-state index in [1.54, 1.807) is 0 Å². The van der Waals surface area contributed by atoms with Crippen molar-refractivity contribution in [3.05, 3.63) is 68.8 Å². The SMILES string of the molecule is CC1(C)CCN2CCC(C)(C)c3cc(C4=C5C(=O)NC(c6cc7c8c(c6)C(C)(C)CCN8CCC7(C)C)=C5C(=O)N4)cc1c32. The number of fused-ring (bicyclic) bond motifs is 1. The fourth-order valence-electron chi connectivity index (χ4n) is 8.78. The molecule has 0 saturated carbocycles. The lowest BCUT2D eigenvalue weighted by atomic mass is 9.69. The molecule has 6 nitrogen and oxygen atoms in total. The molecule has 0 saturated heterocycles. The first-order valence-electron chi connectivity index (χ1n) is 16.6. The molecule has 2 aromatic carbocycles. The molecule has 6 aliphatic rings. The Morgan fingerprint density at radius 2 is 0.773 bits per heavy atom. The monoisotopic (exact) mass is 590 g/mol. The number of hydrogen-bond acceptors (Lipinski definition) is 4. The summed E-state index contributed by atoms with van der Waals surface area (Å²) in [5, 5.41) is 6.37. The Bertz CT molecular complexity index is 1560. The van der Waals surface area contributed by atoms with Crippen LogP contribution in [0.5, 0.6) is 0 Å². The summed E-state index contributed by atoms with van der Waals surface area (Å²) in [4.78, 5) is 32.8. The summed E-state index contributed by atoms with van der Waals surface area (Å²) in [6, 6.07) is 9.02. The van der Waals surface area contributed by atoms with Gasteiger partial charge in [-0.3, -0.25) is 9.59 Å².